The first kappa shape index (κ1) is 25.5. The monoisotopic (exact) mass is 521 g/mol. The number of aromatic nitrogens is 2. The zero-order valence-corrected chi connectivity index (χ0v) is 20.0. The molecule has 36 heavy (non-hydrogen) atoms. The molecule has 1 aliphatic rings. The van der Waals surface area contributed by atoms with Crippen molar-refractivity contribution in [1.29, 1.82) is 0 Å². The summed E-state index contributed by atoms with van der Waals surface area (Å²) < 4.78 is 40.0. The maximum Gasteiger partial charge on any atom is 0.435 e. The number of ketones is 1. The number of nitro benzene ring substituents is 1. The third-order valence-corrected chi connectivity index (χ3v) is 7.05. The minimum atomic E-state index is -4.54. The van der Waals surface area contributed by atoms with E-state index in [4.69, 9.17) is 0 Å². The molecule has 0 saturated carbocycles. The van der Waals surface area contributed by atoms with E-state index in [9.17, 15) is 32.9 Å². The largest absolute Gasteiger partial charge is 0.435 e. The van der Waals surface area contributed by atoms with Crippen molar-refractivity contribution in [3.05, 3.63) is 68.7 Å². The fourth-order valence-electron chi connectivity index (χ4n) is 3.93. The molecule has 0 spiro atoms. The highest BCUT2D eigenvalue weighted by Gasteiger charge is 2.35. The van der Waals surface area contributed by atoms with Gasteiger partial charge in [-0.1, -0.05) is 0 Å². The first-order valence-corrected chi connectivity index (χ1v) is 11.9. The summed E-state index contributed by atoms with van der Waals surface area (Å²) in [5, 5.41) is 14.3. The Labute approximate surface area is 207 Å². The summed E-state index contributed by atoms with van der Waals surface area (Å²) >= 11 is 1.12. The molecule has 13 heteroatoms. The molecule has 1 aromatic carbocycles. The number of rotatable bonds is 7. The van der Waals surface area contributed by atoms with Crippen LogP contribution >= 0.6 is 11.3 Å². The molecule has 4 rings (SSSR count). The van der Waals surface area contributed by atoms with E-state index < -0.39 is 16.8 Å². The quantitative estimate of drug-likeness (QED) is 0.264. The molecule has 3 aromatic rings. The smallest absolute Gasteiger partial charge is 0.335 e. The molecule has 0 unspecified atom stereocenters. The van der Waals surface area contributed by atoms with E-state index in [2.05, 4.69) is 10.00 Å². The molecule has 0 radical (unpaired) electrons. The molecule has 3 heterocycles. The van der Waals surface area contributed by atoms with Crippen LogP contribution in [0.3, 0.4) is 0 Å². The van der Waals surface area contributed by atoms with Crippen LogP contribution in [0.5, 0.6) is 0 Å². The number of hydrogen-bond donors (Lipinski definition) is 0. The lowest BCUT2D eigenvalue weighted by Gasteiger charge is -2.34. The van der Waals surface area contributed by atoms with Gasteiger partial charge in [0.1, 0.15) is 0 Å². The van der Waals surface area contributed by atoms with Gasteiger partial charge in [-0.3, -0.25) is 29.3 Å². The van der Waals surface area contributed by atoms with E-state index in [0.29, 0.717) is 48.0 Å². The van der Waals surface area contributed by atoms with Crippen molar-refractivity contribution >= 4 is 28.7 Å². The number of nitro groups is 1. The summed E-state index contributed by atoms with van der Waals surface area (Å²) in [6.45, 7) is 2.58. The van der Waals surface area contributed by atoms with Crippen molar-refractivity contribution in [3.8, 4) is 10.6 Å². The third-order valence-electron chi connectivity index (χ3n) is 5.95. The van der Waals surface area contributed by atoms with Gasteiger partial charge in [0.15, 0.2) is 11.5 Å². The highest BCUT2D eigenvalue weighted by molar-refractivity contribution is 7.17. The van der Waals surface area contributed by atoms with Gasteiger partial charge in [-0.2, -0.15) is 18.3 Å². The number of hydrogen-bond acceptors (Lipinski definition) is 7. The number of nitrogens with zero attached hydrogens (tertiary/aromatic N) is 5. The van der Waals surface area contributed by atoms with Crippen LogP contribution in [0.4, 0.5) is 18.9 Å². The van der Waals surface area contributed by atoms with Crippen LogP contribution < -0.4 is 0 Å². The van der Waals surface area contributed by atoms with Crippen LogP contribution in [0.15, 0.2) is 42.5 Å². The predicted molar refractivity (Wildman–Crippen MR) is 126 cm³/mol. The van der Waals surface area contributed by atoms with Crippen LogP contribution in [-0.2, 0) is 13.2 Å². The van der Waals surface area contributed by atoms with Crippen LogP contribution in [0.2, 0.25) is 0 Å². The molecule has 0 atom stereocenters. The zero-order valence-electron chi connectivity index (χ0n) is 19.2. The summed E-state index contributed by atoms with van der Waals surface area (Å²) in [4.78, 5) is 40.3. The second-order valence-electron chi connectivity index (χ2n) is 8.31. The van der Waals surface area contributed by atoms with E-state index in [1.807, 2.05) is 0 Å². The number of amides is 1. The van der Waals surface area contributed by atoms with Gasteiger partial charge in [-0.05, 0) is 30.3 Å². The summed E-state index contributed by atoms with van der Waals surface area (Å²) in [6, 6.07) is 9.70. The summed E-state index contributed by atoms with van der Waals surface area (Å²) in [5.74, 6) is -0.301. The van der Waals surface area contributed by atoms with E-state index in [1.54, 1.807) is 17.0 Å². The number of thiophene rings is 1. The van der Waals surface area contributed by atoms with Crippen molar-refractivity contribution < 1.29 is 27.7 Å². The summed E-state index contributed by atoms with van der Waals surface area (Å²) in [5.41, 5.74) is -0.353. The summed E-state index contributed by atoms with van der Waals surface area (Å²) in [6.07, 6.45) is -4.29. The molecule has 1 amide bonds. The molecule has 0 N–H and O–H groups in total. The van der Waals surface area contributed by atoms with Crippen molar-refractivity contribution in [2.75, 3.05) is 32.7 Å². The third kappa shape index (κ3) is 5.62. The predicted octanol–water partition coefficient (Wildman–Crippen LogP) is 4.11. The van der Waals surface area contributed by atoms with Crippen LogP contribution in [-0.4, -0.2) is 68.9 Å². The Kier molecular flexibility index (Phi) is 7.22. The number of non-ortho nitro benzene ring substituents is 1. The number of Topliss-reactive ketones (excluding diaryl/α,β-unsaturated/α-hetero) is 1. The van der Waals surface area contributed by atoms with E-state index in [0.717, 1.165) is 22.1 Å². The standard InChI is InChI=1S/C23H22F3N5O4S/c1-28-17(14-21(27-28)23(24,25)26)19-6-7-20(36-19)22(33)30-12-10-29(11-13-30)9-8-18(32)15-2-4-16(5-3-15)31(34)35/h2-7,14H,8-13H2,1H3. The minimum Gasteiger partial charge on any atom is -0.335 e. The van der Waals surface area contributed by atoms with Crippen LogP contribution in [0.25, 0.3) is 10.6 Å². The van der Waals surface area contributed by atoms with Crippen molar-refractivity contribution in [2.24, 2.45) is 7.05 Å². The molecule has 190 valence electrons. The number of halogens is 3. The normalized spacial score (nSPS) is 14.7. The van der Waals surface area contributed by atoms with Gasteiger partial charge in [-0.25, -0.2) is 0 Å². The maximum absolute atomic E-state index is 13.0. The van der Waals surface area contributed by atoms with Gasteiger partial charge in [0.25, 0.3) is 11.6 Å². The molecule has 9 nitrogen and oxygen atoms in total. The molecule has 1 saturated heterocycles. The van der Waals surface area contributed by atoms with E-state index in [-0.39, 0.29) is 29.5 Å². The molecule has 0 aliphatic carbocycles. The number of aryl methyl sites for hydroxylation is 1. The Morgan fingerprint density at radius 3 is 2.33 bits per heavy atom. The fourth-order valence-corrected chi connectivity index (χ4v) is 4.95. The van der Waals surface area contributed by atoms with E-state index >= 15 is 0 Å². The minimum absolute atomic E-state index is 0.0726. The molecular formula is C23H22F3N5O4S. The highest BCUT2D eigenvalue weighted by atomic mass is 32.1. The van der Waals surface area contributed by atoms with Crippen LogP contribution in [0.1, 0.15) is 32.1 Å². The zero-order chi connectivity index (χ0) is 26.0. The van der Waals surface area contributed by atoms with Crippen molar-refractivity contribution in [1.82, 2.24) is 19.6 Å². The van der Waals surface area contributed by atoms with Gasteiger partial charge in [-0.15, -0.1) is 11.3 Å². The average Bonchev–Trinajstić information content (AvgIpc) is 3.49. The molecule has 1 fully saturated rings. The topological polar surface area (TPSA) is 102 Å². The number of benzene rings is 1. The first-order valence-electron chi connectivity index (χ1n) is 11.0. The Morgan fingerprint density at radius 2 is 1.75 bits per heavy atom. The molecule has 2 aromatic heterocycles. The second kappa shape index (κ2) is 10.2. The van der Waals surface area contributed by atoms with Crippen molar-refractivity contribution in [3.63, 3.8) is 0 Å². The molecule has 1 aliphatic heterocycles. The number of alkyl halides is 3. The number of carbonyl (C=O) groups is 2. The molecular weight excluding hydrogens is 499 g/mol. The lowest BCUT2D eigenvalue weighted by atomic mass is 10.1. The van der Waals surface area contributed by atoms with E-state index in [1.165, 1.54) is 31.3 Å². The average molecular weight is 522 g/mol. The van der Waals surface area contributed by atoms with Crippen molar-refractivity contribution in [2.45, 2.75) is 12.6 Å². The van der Waals surface area contributed by atoms with Gasteiger partial charge in [0, 0.05) is 63.9 Å². The number of piperazine rings is 1. The van der Waals surface area contributed by atoms with Gasteiger partial charge in [0.05, 0.1) is 20.4 Å². The number of carbonyl (C=O) groups excluding carboxylic acids is 2. The lowest BCUT2D eigenvalue weighted by molar-refractivity contribution is -0.384. The second-order valence-corrected chi connectivity index (χ2v) is 9.39. The Hall–Kier alpha value is -3.58. The Balaban J connectivity index is 1.29. The van der Waals surface area contributed by atoms with Crippen LogP contribution in [0, 0.1) is 10.1 Å². The van der Waals surface area contributed by atoms with Gasteiger partial charge in [0.2, 0.25) is 0 Å². The highest BCUT2D eigenvalue weighted by Crippen LogP contribution is 2.34. The Morgan fingerprint density at radius 1 is 1.08 bits per heavy atom. The van der Waals surface area contributed by atoms with Gasteiger partial charge < -0.3 is 4.90 Å². The SMILES string of the molecule is Cn1nc(C(F)(F)F)cc1-c1ccc(C(=O)N2CCN(CCC(=O)c3ccc([N+](=O)[O-])cc3)CC2)s1. The molecule has 0 bridgehead atoms. The summed E-state index contributed by atoms with van der Waals surface area (Å²) in [7, 11) is 1.43. The maximum atomic E-state index is 13.0. The first-order chi connectivity index (χ1) is 17.0. The lowest BCUT2D eigenvalue weighted by Crippen LogP contribution is -2.48. The Bertz CT molecular complexity index is 1280. The van der Waals surface area contributed by atoms with Gasteiger partial charge >= 0.3 is 6.18 Å². The fraction of sp³-hybridized carbons (Fsp3) is 0.348.